The SMILES string of the molecule is CC(C)NCc1ccc(-n2cnc(C#N)c2C#N)nc1. The van der Waals surface area contributed by atoms with Gasteiger partial charge in [-0.05, 0) is 11.6 Å². The van der Waals surface area contributed by atoms with Crippen molar-refractivity contribution in [2.24, 2.45) is 0 Å². The fourth-order valence-electron chi connectivity index (χ4n) is 1.70. The van der Waals surface area contributed by atoms with Gasteiger partial charge in [0, 0.05) is 18.8 Å². The quantitative estimate of drug-likeness (QED) is 0.905. The van der Waals surface area contributed by atoms with E-state index >= 15 is 0 Å². The summed E-state index contributed by atoms with van der Waals surface area (Å²) in [7, 11) is 0. The van der Waals surface area contributed by atoms with Crippen LogP contribution in [0.2, 0.25) is 0 Å². The Balaban J connectivity index is 2.25. The molecule has 0 bridgehead atoms. The van der Waals surface area contributed by atoms with E-state index < -0.39 is 0 Å². The fourth-order valence-corrected chi connectivity index (χ4v) is 1.70. The highest BCUT2D eigenvalue weighted by molar-refractivity contribution is 5.41. The smallest absolute Gasteiger partial charge is 0.177 e. The molecule has 0 amide bonds. The summed E-state index contributed by atoms with van der Waals surface area (Å²) in [6, 6.07) is 8.01. The first-order valence-corrected chi connectivity index (χ1v) is 6.22. The Kier molecular flexibility index (Phi) is 4.09. The van der Waals surface area contributed by atoms with Crippen LogP contribution in [0.1, 0.15) is 30.8 Å². The third-order valence-electron chi connectivity index (χ3n) is 2.75. The maximum Gasteiger partial charge on any atom is 0.177 e. The summed E-state index contributed by atoms with van der Waals surface area (Å²) in [6.07, 6.45) is 3.18. The lowest BCUT2D eigenvalue weighted by Gasteiger charge is -2.08. The van der Waals surface area contributed by atoms with E-state index in [1.165, 1.54) is 10.9 Å². The second kappa shape index (κ2) is 5.96. The molecule has 2 rings (SSSR count). The second-order valence-corrected chi connectivity index (χ2v) is 4.60. The number of hydrogen-bond acceptors (Lipinski definition) is 5. The standard InChI is InChI=1S/C14H14N6/c1-10(2)17-7-11-3-4-14(18-8-11)20-9-19-12(5-15)13(20)6-16/h3-4,8-10,17H,7H2,1-2H3. The molecule has 0 fully saturated rings. The van der Waals surface area contributed by atoms with Gasteiger partial charge in [0.1, 0.15) is 24.3 Å². The van der Waals surface area contributed by atoms with E-state index in [0.29, 0.717) is 11.9 Å². The number of aromatic nitrogens is 3. The number of pyridine rings is 1. The van der Waals surface area contributed by atoms with Crippen molar-refractivity contribution in [1.29, 1.82) is 10.5 Å². The van der Waals surface area contributed by atoms with Crippen LogP contribution >= 0.6 is 0 Å². The van der Waals surface area contributed by atoms with Crippen LogP contribution in [0.15, 0.2) is 24.7 Å². The molecule has 0 spiro atoms. The molecular weight excluding hydrogens is 252 g/mol. The largest absolute Gasteiger partial charge is 0.310 e. The third-order valence-corrected chi connectivity index (χ3v) is 2.75. The molecule has 0 aliphatic rings. The predicted octanol–water partition coefficient (Wildman–Crippen LogP) is 1.51. The molecule has 6 heteroatoms. The molecule has 2 heterocycles. The molecule has 0 atom stereocenters. The van der Waals surface area contributed by atoms with Crippen LogP contribution in [-0.4, -0.2) is 20.6 Å². The average Bonchev–Trinajstić information content (AvgIpc) is 2.88. The summed E-state index contributed by atoms with van der Waals surface area (Å²) >= 11 is 0. The zero-order chi connectivity index (χ0) is 14.5. The fraction of sp³-hybridized carbons (Fsp3) is 0.286. The number of hydrogen-bond donors (Lipinski definition) is 1. The summed E-state index contributed by atoms with van der Waals surface area (Å²) < 4.78 is 1.51. The zero-order valence-electron chi connectivity index (χ0n) is 11.3. The summed E-state index contributed by atoms with van der Waals surface area (Å²) in [5.74, 6) is 0.573. The minimum Gasteiger partial charge on any atom is -0.310 e. The normalized spacial score (nSPS) is 10.2. The van der Waals surface area contributed by atoms with Gasteiger partial charge >= 0.3 is 0 Å². The van der Waals surface area contributed by atoms with Crippen LogP contribution in [0, 0.1) is 22.7 Å². The Hall–Kier alpha value is -2.70. The molecular formula is C14H14N6. The van der Waals surface area contributed by atoms with Crippen LogP contribution in [0.5, 0.6) is 0 Å². The van der Waals surface area contributed by atoms with Gasteiger partial charge in [-0.2, -0.15) is 10.5 Å². The first-order chi connectivity index (χ1) is 9.65. The molecule has 2 aromatic heterocycles. The lowest BCUT2D eigenvalue weighted by atomic mass is 10.2. The van der Waals surface area contributed by atoms with Gasteiger partial charge in [0.15, 0.2) is 11.4 Å². The van der Waals surface area contributed by atoms with Gasteiger partial charge in [-0.15, -0.1) is 0 Å². The molecule has 1 N–H and O–H groups in total. The Morgan fingerprint density at radius 2 is 2.05 bits per heavy atom. The van der Waals surface area contributed by atoms with Crippen molar-refractivity contribution in [3.63, 3.8) is 0 Å². The van der Waals surface area contributed by atoms with Crippen LogP contribution in [-0.2, 0) is 6.54 Å². The summed E-state index contributed by atoms with van der Waals surface area (Å²) in [6.45, 7) is 4.90. The van der Waals surface area contributed by atoms with Gasteiger partial charge in [0.05, 0.1) is 0 Å². The number of nitrogens with zero attached hydrogens (tertiary/aromatic N) is 5. The zero-order valence-corrected chi connectivity index (χ0v) is 11.3. The van der Waals surface area contributed by atoms with Crippen LogP contribution < -0.4 is 5.32 Å². The van der Waals surface area contributed by atoms with Crippen molar-refractivity contribution in [3.05, 3.63) is 41.6 Å². The number of rotatable bonds is 4. The Bertz CT molecular complexity index is 669. The van der Waals surface area contributed by atoms with Crippen molar-refractivity contribution in [2.45, 2.75) is 26.4 Å². The monoisotopic (exact) mass is 266 g/mol. The Morgan fingerprint density at radius 3 is 2.60 bits per heavy atom. The molecule has 0 aromatic carbocycles. The topological polar surface area (TPSA) is 90.3 Å². The van der Waals surface area contributed by atoms with E-state index in [4.69, 9.17) is 10.5 Å². The van der Waals surface area contributed by atoms with E-state index in [1.54, 1.807) is 12.3 Å². The van der Waals surface area contributed by atoms with E-state index in [-0.39, 0.29) is 11.4 Å². The molecule has 0 saturated carbocycles. The number of nitriles is 2. The maximum atomic E-state index is 9.08. The Labute approximate surface area is 117 Å². The van der Waals surface area contributed by atoms with Gasteiger partial charge < -0.3 is 5.32 Å². The molecule has 6 nitrogen and oxygen atoms in total. The predicted molar refractivity (Wildman–Crippen MR) is 72.8 cm³/mol. The van der Waals surface area contributed by atoms with Gasteiger partial charge in [-0.3, -0.25) is 4.57 Å². The molecule has 0 aliphatic heterocycles. The van der Waals surface area contributed by atoms with Gasteiger partial charge in [-0.25, -0.2) is 9.97 Å². The van der Waals surface area contributed by atoms with Crippen LogP contribution in [0.25, 0.3) is 5.82 Å². The number of nitrogens with one attached hydrogen (secondary N) is 1. The van der Waals surface area contributed by atoms with Gasteiger partial charge in [0.2, 0.25) is 0 Å². The first-order valence-electron chi connectivity index (χ1n) is 6.22. The lowest BCUT2D eigenvalue weighted by Crippen LogP contribution is -2.21. The summed E-state index contributed by atoms with van der Waals surface area (Å²) in [5, 5.41) is 21.3. The van der Waals surface area contributed by atoms with Gasteiger partial charge in [-0.1, -0.05) is 19.9 Å². The van der Waals surface area contributed by atoms with Crippen molar-refractivity contribution in [2.75, 3.05) is 0 Å². The number of imidazole rings is 1. The van der Waals surface area contributed by atoms with Crippen molar-refractivity contribution >= 4 is 0 Å². The molecule has 0 aliphatic carbocycles. The highest BCUT2D eigenvalue weighted by atomic mass is 15.1. The highest BCUT2D eigenvalue weighted by Crippen LogP contribution is 2.12. The maximum absolute atomic E-state index is 9.08. The van der Waals surface area contributed by atoms with Crippen LogP contribution in [0.3, 0.4) is 0 Å². The van der Waals surface area contributed by atoms with Crippen molar-refractivity contribution in [3.8, 4) is 18.0 Å². The highest BCUT2D eigenvalue weighted by Gasteiger charge is 2.12. The molecule has 0 saturated heterocycles. The van der Waals surface area contributed by atoms with E-state index in [0.717, 1.165) is 12.1 Å². The average molecular weight is 266 g/mol. The minimum atomic E-state index is 0.111. The van der Waals surface area contributed by atoms with E-state index in [1.807, 2.05) is 18.2 Å². The molecule has 100 valence electrons. The lowest BCUT2D eigenvalue weighted by molar-refractivity contribution is 0.588. The first kappa shape index (κ1) is 13.7. The minimum absolute atomic E-state index is 0.111. The molecule has 0 radical (unpaired) electrons. The molecule has 2 aromatic rings. The second-order valence-electron chi connectivity index (χ2n) is 4.60. The van der Waals surface area contributed by atoms with E-state index in [2.05, 4.69) is 29.1 Å². The third kappa shape index (κ3) is 2.82. The van der Waals surface area contributed by atoms with Crippen molar-refractivity contribution < 1.29 is 0 Å². The molecule has 0 unspecified atom stereocenters. The summed E-state index contributed by atoms with van der Waals surface area (Å²) in [4.78, 5) is 8.20. The molecule has 20 heavy (non-hydrogen) atoms. The Morgan fingerprint density at radius 1 is 1.25 bits per heavy atom. The van der Waals surface area contributed by atoms with Crippen LogP contribution in [0.4, 0.5) is 0 Å². The van der Waals surface area contributed by atoms with E-state index in [9.17, 15) is 0 Å². The van der Waals surface area contributed by atoms with Crippen molar-refractivity contribution in [1.82, 2.24) is 19.9 Å². The summed E-state index contributed by atoms with van der Waals surface area (Å²) in [5.41, 5.74) is 1.37. The van der Waals surface area contributed by atoms with Gasteiger partial charge in [0.25, 0.3) is 0 Å².